The van der Waals surface area contributed by atoms with E-state index in [-0.39, 0.29) is 11.1 Å². The molecule has 0 aliphatic carbocycles. The molecule has 0 aromatic carbocycles. The molecule has 9 heteroatoms. The van der Waals surface area contributed by atoms with Gasteiger partial charge in [0.2, 0.25) is 0 Å². The minimum absolute atomic E-state index is 0.0575. The highest BCUT2D eigenvalue weighted by molar-refractivity contribution is 7.57. The summed E-state index contributed by atoms with van der Waals surface area (Å²) in [6.07, 6.45) is -1.34. The summed E-state index contributed by atoms with van der Waals surface area (Å²) in [5.41, 5.74) is -0.417. The molecule has 0 aromatic rings. The van der Waals surface area contributed by atoms with E-state index >= 15 is 0 Å². The van der Waals surface area contributed by atoms with Gasteiger partial charge >= 0.3 is 19.5 Å². The van der Waals surface area contributed by atoms with Crippen molar-refractivity contribution in [2.45, 2.75) is 20.0 Å². The van der Waals surface area contributed by atoms with E-state index in [2.05, 4.69) is 11.1 Å². The molecule has 3 N–H and O–H groups in total. The fourth-order valence-corrected chi connectivity index (χ4v) is 2.35. The van der Waals surface area contributed by atoms with Gasteiger partial charge in [0.15, 0.2) is 0 Å². The third kappa shape index (κ3) is 6.63. The molecule has 8 nitrogen and oxygen atoms in total. The second-order valence-corrected chi connectivity index (χ2v) is 5.73. The summed E-state index contributed by atoms with van der Waals surface area (Å²) in [7, 11) is -4.23. The number of carboxylic acid groups (broad SMARTS) is 1. The van der Waals surface area contributed by atoms with Gasteiger partial charge in [-0.3, -0.25) is 4.52 Å². The van der Waals surface area contributed by atoms with Crippen molar-refractivity contribution in [3.05, 3.63) is 23.5 Å². The van der Waals surface area contributed by atoms with Gasteiger partial charge in [-0.2, -0.15) is 0 Å². The van der Waals surface area contributed by atoms with Crippen molar-refractivity contribution in [3.63, 3.8) is 0 Å². The summed E-state index contributed by atoms with van der Waals surface area (Å²) in [4.78, 5) is 22.1. The smallest absolute Gasteiger partial charge is 0.406 e. The van der Waals surface area contributed by atoms with Crippen LogP contribution in [-0.2, 0) is 23.2 Å². The first kappa shape index (κ1) is 18.5. The molecular formula is C11H17O8P. The van der Waals surface area contributed by atoms with Gasteiger partial charge in [-0.15, -0.1) is 0 Å². The Labute approximate surface area is 115 Å². The van der Waals surface area contributed by atoms with Crippen LogP contribution >= 0.6 is 7.60 Å². The third-order valence-electron chi connectivity index (χ3n) is 1.91. The maximum atomic E-state index is 12.2. The highest BCUT2D eigenvalue weighted by Gasteiger charge is 2.29. The molecular weight excluding hydrogens is 291 g/mol. The average Bonchev–Trinajstić information content (AvgIpc) is 2.35. The van der Waals surface area contributed by atoms with Gasteiger partial charge in [0, 0.05) is 11.1 Å². The highest BCUT2D eigenvalue weighted by atomic mass is 31.2. The quantitative estimate of drug-likeness (QED) is 0.440. The van der Waals surface area contributed by atoms with E-state index < -0.39 is 38.9 Å². The number of hydrogen-bond acceptors (Lipinski definition) is 7. The molecule has 114 valence electrons. The molecule has 0 fully saturated rings. The highest BCUT2D eigenvalue weighted by Crippen LogP contribution is 2.51. The summed E-state index contributed by atoms with van der Waals surface area (Å²) >= 11 is 0. The van der Waals surface area contributed by atoms with Gasteiger partial charge in [-0.05, 0) is 13.8 Å². The zero-order chi connectivity index (χ0) is 15.9. The van der Waals surface area contributed by atoms with Gasteiger partial charge in [-0.25, -0.2) is 14.2 Å². The van der Waals surface area contributed by atoms with Crippen LogP contribution in [-0.4, -0.2) is 46.6 Å². The number of hydrogen-bond donors (Lipinski definition) is 3. The summed E-state index contributed by atoms with van der Waals surface area (Å²) in [5, 5.41) is 26.5. The maximum Gasteiger partial charge on any atom is 0.406 e. The van der Waals surface area contributed by atoms with Crippen molar-refractivity contribution in [3.8, 4) is 0 Å². The van der Waals surface area contributed by atoms with E-state index in [4.69, 9.17) is 19.8 Å². The number of aliphatic carboxylic acids is 1. The van der Waals surface area contributed by atoms with Gasteiger partial charge in [0.05, 0.1) is 19.0 Å². The Morgan fingerprint density at radius 2 is 1.95 bits per heavy atom. The van der Waals surface area contributed by atoms with Crippen LogP contribution in [0, 0.1) is 0 Å². The number of rotatable bonds is 8. The number of carboxylic acids is 1. The fraction of sp³-hybridized carbons (Fsp3) is 0.455. The van der Waals surface area contributed by atoms with Gasteiger partial charge < -0.3 is 19.8 Å². The Bertz CT molecular complexity index is 467. The molecule has 0 aromatic heterocycles. The topological polar surface area (TPSA) is 130 Å². The predicted octanol–water partition coefficient (Wildman–Crippen LogP) is 0.657. The van der Waals surface area contributed by atoms with Crippen LogP contribution in [0.25, 0.3) is 0 Å². The molecule has 0 saturated carbocycles. The number of carbonyl (C=O) groups excluding carboxylic acids is 1. The summed E-state index contributed by atoms with van der Waals surface area (Å²) < 4.78 is 21.5. The molecule has 0 amide bonds. The molecule has 0 spiro atoms. The van der Waals surface area contributed by atoms with Crippen molar-refractivity contribution in [1.82, 2.24) is 0 Å². The normalized spacial score (nSPS) is 16.1. The van der Waals surface area contributed by atoms with E-state index in [0.717, 1.165) is 6.92 Å². The molecule has 0 aliphatic heterocycles. The SMILES string of the molecule is C=C(C)C(=O)OP(=O)(C=C(C)C(=O)O)OCC(O)CO. The van der Waals surface area contributed by atoms with Crippen molar-refractivity contribution in [1.29, 1.82) is 0 Å². The Hall–Kier alpha value is -1.47. The number of aliphatic hydroxyl groups excluding tert-OH is 2. The van der Waals surface area contributed by atoms with Crippen molar-refractivity contribution in [2.75, 3.05) is 13.2 Å². The maximum absolute atomic E-state index is 12.2. The fourth-order valence-electron chi connectivity index (χ4n) is 0.818. The number of carbonyl (C=O) groups is 2. The molecule has 0 radical (unpaired) electrons. The third-order valence-corrected chi connectivity index (χ3v) is 3.54. The van der Waals surface area contributed by atoms with E-state index in [0.29, 0.717) is 5.82 Å². The molecule has 0 bridgehead atoms. The Morgan fingerprint density at radius 1 is 1.40 bits per heavy atom. The van der Waals surface area contributed by atoms with Crippen molar-refractivity contribution in [2.24, 2.45) is 0 Å². The van der Waals surface area contributed by atoms with Crippen LogP contribution in [0.15, 0.2) is 23.5 Å². The Balaban J connectivity index is 5.18. The second-order valence-electron chi connectivity index (χ2n) is 3.95. The standard InChI is InChI=1S/C11H17O8P/c1-7(2)11(16)19-20(17,6-8(3)10(14)15)18-5-9(13)4-12/h6,9,12-13H,1,4-5H2,2-3H3,(H,14,15). The largest absolute Gasteiger partial charge is 0.478 e. The lowest BCUT2D eigenvalue weighted by molar-refractivity contribution is -0.133. The first-order valence-corrected chi connectivity index (χ1v) is 7.08. The number of aliphatic hydroxyl groups is 2. The Kier molecular flexibility index (Phi) is 7.38. The van der Waals surface area contributed by atoms with Crippen LogP contribution in [0.1, 0.15) is 13.8 Å². The van der Waals surface area contributed by atoms with Crippen LogP contribution in [0.5, 0.6) is 0 Å². The molecule has 2 unspecified atom stereocenters. The van der Waals surface area contributed by atoms with Gasteiger partial charge in [0.25, 0.3) is 0 Å². The first-order valence-electron chi connectivity index (χ1n) is 5.46. The van der Waals surface area contributed by atoms with Crippen molar-refractivity contribution < 1.29 is 38.5 Å². The molecule has 0 saturated heterocycles. The second kappa shape index (κ2) is 7.96. The molecule has 20 heavy (non-hydrogen) atoms. The molecule has 0 rings (SSSR count). The van der Waals surface area contributed by atoms with Crippen LogP contribution in [0.4, 0.5) is 0 Å². The Morgan fingerprint density at radius 3 is 2.35 bits per heavy atom. The molecule has 0 heterocycles. The first-order chi connectivity index (χ1) is 9.11. The van der Waals surface area contributed by atoms with Crippen LogP contribution < -0.4 is 0 Å². The summed E-state index contributed by atoms with van der Waals surface area (Å²) in [6, 6.07) is 0. The summed E-state index contributed by atoms with van der Waals surface area (Å²) in [5.74, 6) is -1.75. The van der Waals surface area contributed by atoms with Crippen molar-refractivity contribution >= 4 is 19.5 Å². The average molecular weight is 308 g/mol. The van der Waals surface area contributed by atoms with E-state index in [1.807, 2.05) is 0 Å². The zero-order valence-corrected chi connectivity index (χ0v) is 12.0. The molecule has 2 atom stereocenters. The lowest BCUT2D eigenvalue weighted by Gasteiger charge is -2.17. The van der Waals surface area contributed by atoms with E-state index in [1.165, 1.54) is 6.92 Å². The van der Waals surface area contributed by atoms with Crippen LogP contribution in [0.2, 0.25) is 0 Å². The van der Waals surface area contributed by atoms with Gasteiger partial charge in [-0.1, -0.05) is 6.58 Å². The predicted molar refractivity (Wildman–Crippen MR) is 68.9 cm³/mol. The zero-order valence-electron chi connectivity index (χ0n) is 11.1. The minimum atomic E-state index is -4.23. The van der Waals surface area contributed by atoms with Crippen LogP contribution in [0.3, 0.4) is 0 Å². The summed E-state index contributed by atoms with van der Waals surface area (Å²) in [6.45, 7) is 4.48. The minimum Gasteiger partial charge on any atom is -0.478 e. The monoisotopic (exact) mass is 308 g/mol. The lowest BCUT2D eigenvalue weighted by Crippen LogP contribution is -2.19. The van der Waals surface area contributed by atoms with Gasteiger partial charge in [0.1, 0.15) is 6.10 Å². The lowest BCUT2D eigenvalue weighted by atomic mass is 10.4. The van der Waals surface area contributed by atoms with E-state index in [1.54, 1.807) is 0 Å². The van der Waals surface area contributed by atoms with E-state index in [9.17, 15) is 14.2 Å². The molecule has 0 aliphatic rings.